The number of carbonyl (C=O) groups is 1. The molecule has 3 nitrogen and oxygen atoms in total. The van der Waals surface area contributed by atoms with E-state index in [0.717, 1.165) is 4.90 Å². The Morgan fingerprint density at radius 3 is 2.68 bits per heavy atom. The Morgan fingerprint density at radius 2 is 1.95 bits per heavy atom. The van der Waals surface area contributed by atoms with E-state index in [-0.39, 0.29) is 5.91 Å². The van der Waals surface area contributed by atoms with E-state index in [1.54, 1.807) is 24.1 Å². The number of hydrogen-bond acceptors (Lipinski definition) is 3. The van der Waals surface area contributed by atoms with E-state index in [4.69, 9.17) is 16.3 Å². The molecule has 116 valence electrons. The molecule has 0 aromatic heterocycles. The summed E-state index contributed by atoms with van der Waals surface area (Å²) in [5.41, 5.74) is 0. The van der Waals surface area contributed by atoms with Gasteiger partial charge in [-0.3, -0.25) is 4.79 Å². The SMILES string of the molecule is CN(CCOc1cccc(Cl)c1)C(=O)CSc1ccccc1. The van der Waals surface area contributed by atoms with Crippen molar-refractivity contribution in [1.82, 2.24) is 4.90 Å². The number of ether oxygens (including phenoxy) is 1. The monoisotopic (exact) mass is 335 g/mol. The fraction of sp³-hybridized carbons (Fsp3) is 0.235. The van der Waals surface area contributed by atoms with Crippen molar-refractivity contribution in [2.75, 3.05) is 26.0 Å². The molecule has 0 heterocycles. The molecule has 0 N–H and O–H groups in total. The molecule has 2 aromatic rings. The first-order valence-corrected chi connectivity index (χ1v) is 8.31. The first-order valence-electron chi connectivity index (χ1n) is 6.95. The van der Waals surface area contributed by atoms with Crippen LogP contribution in [-0.4, -0.2) is 36.8 Å². The number of rotatable bonds is 7. The molecule has 0 unspecified atom stereocenters. The molecule has 0 saturated carbocycles. The van der Waals surface area contributed by atoms with Crippen LogP contribution >= 0.6 is 23.4 Å². The highest BCUT2D eigenvalue weighted by Gasteiger charge is 2.09. The van der Waals surface area contributed by atoms with Gasteiger partial charge in [-0.1, -0.05) is 35.9 Å². The molecule has 2 rings (SSSR count). The summed E-state index contributed by atoms with van der Waals surface area (Å²) in [6.07, 6.45) is 0. The second-order valence-electron chi connectivity index (χ2n) is 4.72. The number of carbonyl (C=O) groups excluding carboxylic acids is 1. The summed E-state index contributed by atoms with van der Waals surface area (Å²) in [6, 6.07) is 17.1. The van der Waals surface area contributed by atoms with Crippen LogP contribution in [0.15, 0.2) is 59.5 Å². The molecule has 2 aromatic carbocycles. The van der Waals surface area contributed by atoms with Crippen molar-refractivity contribution < 1.29 is 9.53 Å². The zero-order chi connectivity index (χ0) is 15.8. The lowest BCUT2D eigenvalue weighted by Crippen LogP contribution is -2.32. The van der Waals surface area contributed by atoms with Crippen LogP contribution in [0.3, 0.4) is 0 Å². The number of amides is 1. The van der Waals surface area contributed by atoms with Crippen LogP contribution in [0.5, 0.6) is 5.75 Å². The maximum Gasteiger partial charge on any atom is 0.232 e. The summed E-state index contributed by atoms with van der Waals surface area (Å²) < 4.78 is 5.59. The average Bonchev–Trinajstić information content (AvgIpc) is 2.53. The van der Waals surface area contributed by atoms with Gasteiger partial charge in [0.25, 0.3) is 0 Å². The summed E-state index contributed by atoms with van der Waals surface area (Å²) >= 11 is 7.43. The molecule has 0 fully saturated rings. The van der Waals surface area contributed by atoms with Gasteiger partial charge in [-0.15, -0.1) is 11.8 Å². The van der Waals surface area contributed by atoms with E-state index >= 15 is 0 Å². The van der Waals surface area contributed by atoms with E-state index in [9.17, 15) is 4.79 Å². The van der Waals surface area contributed by atoms with Gasteiger partial charge in [0.2, 0.25) is 5.91 Å². The number of hydrogen-bond donors (Lipinski definition) is 0. The molecule has 5 heteroatoms. The minimum atomic E-state index is 0.0866. The number of benzene rings is 2. The predicted molar refractivity (Wildman–Crippen MR) is 91.8 cm³/mol. The van der Waals surface area contributed by atoms with Crippen molar-refractivity contribution in [1.29, 1.82) is 0 Å². The molecular formula is C17H18ClNO2S. The van der Waals surface area contributed by atoms with E-state index in [1.807, 2.05) is 42.5 Å². The van der Waals surface area contributed by atoms with Crippen LogP contribution in [0.2, 0.25) is 5.02 Å². The predicted octanol–water partition coefficient (Wildman–Crippen LogP) is 3.97. The van der Waals surface area contributed by atoms with Crippen molar-refractivity contribution >= 4 is 29.3 Å². The van der Waals surface area contributed by atoms with Gasteiger partial charge >= 0.3 is 0 Å². The first-order chi connectivity index (χ1) is 10.6. The van der Waals surface area contributed by atoms with Gasteiger partial charge < -0.3 is 9.64 Å². The molecule has 0 radical (unpaired) electrons. The smallest absolute Gasteiger partial charge is 0.232 e. The van der Waals surface area contributed by atoms with Gasteiger partial charge in [-0.05, 0) is 30.3 Å². The van der Waals surface area contributed by atoms with Crippen LogP contribution in [0.4, 0.5) is 0 Å². The van der Waals surface area contributed by atoms with E-state index in [2.05, 4.69) is 0 Å². The van der Waals surface area contributed by atoms with Crippen LogP contribution in [0.1, 0.15) is 0 Å². The fourth-order valence-electron chi connectivity index (χ4n) is 1.75. The molecule has 0 aliphatic carbocycles. The molecule has 0 atom stereocenters. The van der Waals surface area contributed by atoms with E-state index in [0.29, 0.717) is 29.7 Å². The third-order valence-corrected chi connectivity index (χ3v) is 4.25. The minimum absolute atomic E-state index is 0.0866. The summed E-state index contributed by atoms with van der Waals surface area (Å²) in [5, 5.41) is 0.640. The zero-order valence-corrected chi connectivity index (χ0v) is 13.9. The Balaban J connectivity index is 1.70. The molecule has 0 bridgehead atoms. The number of halogens is 1. The lowest BCUT2D eigenvalue weighted by Gasteiger charge is -2.17. The van der Waals surface area contributed by atoms with Crippen molar-refractivity contribution in [3.05, 3.63) is 59.6 Å². The highest BCUT2D eigenvalue weighted by molar-refractivity contribution is 8.00. The highest BCUT2D eigenvalue weighted by Crippen LogP contribution is 2.18. The molecule has 0 saturated heterocycles. The summed E-state index contributed by atoms with van der Waals surface area (Å²) in [6.45, 7) is 0.985. The van der Waals surface area contributed by atoms with Crippen molar-refractivity contribution in [3.63, 3.8) is 0 Å². The maximum atomic E-state index is 12.0. The van der Waals surface area contributed by atoms with Crippen LogP contribution in [-0.2, 0) is 4.79 Å². The molecule has 1 amide bonds. The zero-order valence-electron chi connectivity index (χ0n) is 12.4. The van der Waals surface area contributed by atoms with Gasteiger partial charge in [0.15, 0.2) is 0 Å². The van der Waals surface area contributed by atoms with E-state index in [1.165, 1.54) is 11.8 Å². The van der Waals surface area contributed by atoms with Crippen LogP contribution in [0.25, 0.3) is 0 Å². The van der Waals surface area contributed by atoms with Crippen molar-refractivity contribution in [3.8, 4) is 5.75 Å². The van der Waals surface area contributed by atoms with Gasteiger partial charge in [-0.2, -0.15) is 0 Å². The van der Waals surface area contributed by atoms with Gasteiger partial charge in [0.1, 0.15) is 12.4 Å². The van der Waals surface area contributed by atoms with Gasteiger partial charge in [0, 0.05) is 17.0 Å². The fourth-order valence-corrected chi connectivity index (χ4v) is 2.79. The lowest BCUT2D eigenvalue weighted by atomic mass is 10.3. The molecule has 22 heavy (non-hydrogen) atoms. The topological polar surface area (TPSA) is 29.5 Å². The third kappa shape index (κ3) is 5.62. The second kappa shape index (κ2) is 8.71. The normalized spacial score (nSPS) is 10.3. The quantitative estimate of drug-likeness (QED) is 0.717. The van der Waals surface area contributed by atoms with Gasteiger partial charge in [-0.25, -0.2) is 0 Å². The first kappa shape index (κ1) is 16.7. The number of nitrogens with zero attached hydrogens (tertiary/aromatic N) is 1. The summed E-state index contributed by atoms with van der Waals surface area (Å²) in [7, 11) is 1.79. The Hall–Kier alpha value is -1.65. The highest BCUT2D eigenvalue weighted by atomic mass is 35.5. The van der Waals surface area contributed by atoms with Crippen molar-refractivity contribution in [2.24, 2.45) is 0 Å². The molecular weight excluding hydrogens is 318 g/mol. The minimum Gasteiger partial charge on any atom is -0.492 e. The average molecular weight is 336 g/mol. The molecule has 0 aliphatic rings. The number of likely N-dealkylation sites (N-methyl/N-ethyl adjacent to an activating group) is 1. The van der Waals surface area contributed by atoms with Crippen LogP contribution in [0, 0.1) is 0 Å². The summed E-state index contributed by atoms with van der Waals surface area (Å²) in [4.78, 5) is 14.8. The Morgan fingerprint density at radius 1 is 1.18 bits per heavy atom. The van der Waals surface area contributed by atoms with E-state index < -0.39 is 0 Å². The lowest BCUT2D eigenvalue weighted by molar-refractivity contribution is -0.127. The number of thioether (sulfide) groups is 1. The Kier molecular flexibility index (Phi) is 6.62. The summed E-state index contributed by atoms with van der Waals surface area (Å²) in [5.74, 6) is 1.23. The Labute approximate surface area is 140 Å². The Bertz CT molecular complexity index is 607. The molecule has 0 spiro atoms. The van der Waals surface area contributed by atoms with Crippen LogP contribution < -0.4 is 4.74 Å². The van der Waals surface area contributed by atoms with Gasteiger partial charge in [0.05, 0.1) is 12.3 Å². The largest absolute Gasteiger partial charge is 0.492 e. The standard InChI is InChI=1S/C17H18ClNO2S/c1-19(10-11-21-15-7-5-6-14(18)12-15)17(20)13-22-16-8-3-2-4-9-16/h2-9,12H,10-11,13H2,1H3. The third-order valence-electron chi connectivity index (χ3n) is 3.02. The molecule has 0 aliphatic heterocycles. The maximum absolute atomic E-state index is 12.0. The van der Waals surface area contributed by atoms with Crippen molar-refractivity contribution in [2.45, 2.75) is 4.90 Å². The second-order valence-corrected chi connectivity index (χ2v) is 6.21.